The molecule has 2 rings (SSSR count). The molecular weight excluding hydrogens is 168 g/mol. The van der Waals surface area contributed by atoms with Gasteiger partial charge in [-0.1, -0.05) is 19.1 Å². The van der Waals surface area contributed by atoms with Gasteiger partial charge < -0.3 is 9.47 Å². The normalized spacial score (nSPS) is 38.2. The van der Waals surface area contributed by atoms with Gasteiger partial charge in [-0.25, -0.2) is 4.79 Å². The van der Waals surface area contributed by atoms with Crippen LogP contribution in [-0.4, -0.2) is 24.8 Å². The number of carbonyl (C=O) groups is 1. The predicted octanol–water partition coefficient (Wildman–Crippen LogP) is 1.28. The first-order chi connectivity index (χ1) is 6.25. The van der Waals surface area contributed by atoms with Crippen LogP contribution in [0.5, 0.6) is 0 Å². The van der Waals surface area contributed by atoms with Crippen LogP contribution in [0.25, 0.3) is 0 Å². The summed E-state index contributed by atoms with van der Waals surface area (Å²) in [6.07, 6.45) is 5.66. The van der Waals surface area contributed by atoms with Crippen LogP contribution in [-0.2, 0) is 14.3 Å². The van der Waals surface area contributed by atoms with Crippen molar-refractivity contribution in [3.05, 3.63) is 12.2 Å². The Hall–Kier alpha value is -0.830. The second-order valence-corrected chi connectivity index (χ2v) is 3.72. The van der Waals surface area contributed by atoms with Gasteiger partial charge in [0.2, 0.25) is 0 Å². The molecule has 1 fully saturated rings. The average Bonchev–Trinajstić information content (AvgIpc) is 2.64. The van der Waals surface area contributed by atoms with Crippen molar-refractivity contribution in [1.82, 2.24) is 0 Å². The molecule has 3 atom stereocenters. The molecule has 0 radical (unpaired) electrons. The summed E-state index contributed by atoms with van der Waals surface area (Å²) in [4.78, 5) is 11.1. The Morgan fingerprint density at radius 2 is 2.38 bits per heavy atom. The second kappa shape index (κ2) is 3.50. The van der Waals surface area contributed by atoms with Gasteiger partial charge in [-0.3, -0.25) is 0 Å². The minimum Gasteiger partial charge on any atom is -0.464 e. The highest BCUT2D eigenvalue weighted by Gasteiger charge is 2.30. The standard InChI is InChI=1S/C10H14O3/c1-7-2-3-8(6-7)13-9-4-5-12-10(9)11/h2-3,7-9H,4-6H2,1H3/t7-,8+,9-/m1/s1. The zero-order valence-electron chi connectivity index (χ0n) is 7.73. The maximum Gasteiger partial charge on any atom is 0.335 e. The Morgan fingerprint density at radius 1 is 1.54 bits per heavy atom. The van der Waals surface area contributed by atoms with Crippen LogP contribution < -0.4 is 0 Å². The third-order valence-electron chi connectivity index (χ3n) is 2.48. The van der Waals surface area contributed by atoms with E-state index in [1.807, 2.05) is 6.08 Å². The van der Waals surface area contributed by atoms with E-state index in [2.05, 4.69) is 13.0 Å². The lowest BCUT2D eigenvalue weighted by Gasteiger charge is -2.13. The van der Waals surface area contributed by atoms with E-state index >= 15 is 0 Å². The molecule has 2 aliphatic rings. The molecular formula is C10H14O3. The van der Waals surface area contributed by atoms with Crippen LogP contribution >= 0.6 is 0 Å². The minimum absolute atomic E-state index is 0.116. The Kier molecular flexibility index (Phi) is 2.36. The lowest BCUT2D eigenvalue weighted by atomic mass is 10.1. The number of hydrogen-bond acceptors (Lipinski definition) is 3. The highest BCUT2D eigenvalue weighted by Crippen LogP contribution is 2.23. The fourth-order valence-corrected chi connectivity index (χ4v) is 1.75. The summed E-state index contributed by atoms with van der Waals surface area (Å²) >= 11 is 0. The number of allylic oxidation sites excluding steroid dienone is 1. The largest absolute Gasteiger partial charge is 0.464 e. The molecule has 3 heteroatoms. The molecule has 1 aliphatic heterocycles. The number of cyclic esters (lactones) is 1. The highest BCUT2D eigenvalue weighted by atomic mass is 16.6. The quantitative estimate of drug-likeness (QED) is 0.476. The molecule has 0 saturated carbocycles. The lowest BCUT2D eigenvalue weighted by Crippen LogP contribution is -2.24. The third-order valence-corrected chi connectivity index (χ3v) is 2.48. The molecule has 0 unspecified atom stereocenters. The molecule has 0 aromatic rings. The van der Waals surface area contributed by atoms with Crippen molar-refractivity contribution >= 4 is 5.97 Å². The van der Waals surface area contributed by atoms with E-state index < -0.39 is 0 Å². The van der Waals surface area contributed by atoms with Crippen LogP contribution in [0.2, 0.25) is 0 Å². The van der Waals surface area contributed by atoms with Crippen molar-refractivity contribution < 1.29 is 14.3 Å². The van der Waals surface area contributed by atoms with E-state index in [4.69, 9.17) is 9.47 Å². The molecule has 0 N–H and O–H groups in total. The van der Waals surface area contributed by atoms with Gasteiger partial charge in [0.05, 0.1) is 12.7 Å². The molecule has 1 heterocycles. The summed E-state index contributed by atoms with van der Waals surface area (Å²) in [6.45, 7) is 2.66. The van der Waals surface area contributed by atoms with E-state index in [1.54, 1.807) is 0 Å². The molecule has 0 amide bonds. The maximum atomic E-state index is 11.1. The summed E-state index contributed by atoms with van der Waals surface area (Å²) in [5.74, 6) is 0.371. The number of rotatable bonds is 2. The summed E-state index contributed by atoms with van der Waals surface area (Å²) in [5.41, 5.74) is 0. The smallest absolute Gasteiger partial charge is 0.335 e. The molecule has 0 aromatic heterocycles. The molecule has 3 nitrogen and oxygen atoms in total. The SMILES string of the molecule is C[C@@H]1C=C[C@H](O[C@@H]2CCOC2=O)C1. The summed E-state index contributed by atoms with van der Waals surface area (Å²) in [6, 6.07) is 0. The molecule has 0 spiro atoms. The third kappa shape index (κ3) is 1.91. The van der Waals surface area contributed by atoms with E-state index in [0.717, 1.165) is 6.42 Å². The van der Waals surface area contributed by atoms with Gasteiger partial charge in [-0.05, 0) is 12.3 Å². The first-order valence-electron chi connectivity index (χ1n) is 4.76. The number of hydrogen-bond donors (Lipinski definition) is 0. The second-order valence-electron chi connectivity index (χ2n) is 3.72. The van der Waals surface area contributed by atoms with Crippen molar-refractivity contribution in [3.63, 3.8) is 0 Å². The fraction of sp³-hybridized carbons (Fsp3) is 0.700. The Bertz CT molecular complexity index is 234. The van der Waals surface area contributed by atoms with Gasteiger partial charge in [0.15, 0.2) is 6.10 Å². The van der Waals surface area contributed by atoms with E-state index in [1.165, 1.54) is 0 Å². The zero-order valence-corrected chi connectivity index (χ0v) is 7.73. The average molecular weight is 182 g/mol. The monoisotopic (exact) mass is 182 g/mol. The molecule has 0 aromatic carbocycles. The van der Waals surface area contributed by atoms with Crippen molar-refractivity contribution in [2.24, 2.45) is 5.92 Å². The Balaban J connectivity index is 1.85. The summed E-state index contributed by atoms with van der Waals surface area (Å²) in [7, 11) is 0. The van der Waals surface area contributed by atoms with Gasteiger partial charge >= 0.3 is 5.97 Å². The molecule has 0 bridgehead atoms. The summed E-state index contributed by atoms with van der Waals surface area (Å²) in [5, 5.41) is 0. The van der Waals surface area contributed by atoms with Crippen LogP contribution in [0.3, 0.4) is 0 Å². The van der Waals surface area contributed by atoms with Crippen LogP contribution in [0.15, 0.2) is 12.2 Å². The molecule has 1 saturated heterocycles. The first-order valence-corrected chi connectivity index (χ1v) is 4.76. The Labute approximate surface area is 77.7 Å². The maximum absolute atomic E-state index is 11.1. The molecule has 72 valence electrons. The zero-order chi connectivity index (χ0) is 9.26. The fourth-order valence-electron chi connectivity index (χ4n) is 1.75. The van der Waals surface area contributed by atoms with Crippen LogP contribution in [0.4, 0.5) is 0 Å². The van der Waals surface area contributed by atoms with Gasteiger partial charge in [-0.2, -0.15) is 0 Å². The lowest BCUT2D eigenvalue weighted by molar-refractivity contribution is -0.149. The van der Waals surface area contributed by atoms with Crippen LogP contribution in [0, 0.1) is 5.92 Å². The highest BCUT2D eigenvalue weighted by molar-refractivity contribution is 5.76. The van der Waals surface area contributed by atoms with Gasteiger partial charge in [0.25, 0.3) is 0 Å². The van der Waals surface area contributed by atoms with Crippen molar-refractivity contribution in [2.45, 2.75) is 32.0 Å². The Morgan fingerprint density at radius 3 is 2.92 bits per heavy atom. The van der Waals surface area contributed by atoms with Crippen molar-refractivity contribution in [2.75, 3.05) is 6.61 Å². The van der Waals surface area contributed by atoms with Gasteiger partial charge in [0, 0.05) is 6.42 Å². The first kappa shape index (κ1) is 8.75. The minimum atomic E-state index is -0.319. The topological polar surface area (TPSA) is 35.5 Å². The van der Waals surface area contributed by atoms with Crippen molar-refractivity contribution in [1.29, 1.82) is 0 Å². The number of esters is 1. The molecule has 13 heavy (non-hydrogen) atoms. The number of carbonyl (C=O) groups excluding carboxylic acids is 1. The van der Waals surface area contributed by atoms with E-state index in [-0.39, 0.29) is 18.2 Å². The van der Waals surface area contributed by atoms with E-state index in [9.17, 15) is 4.79 Å². The number of ether oxygens (including phenoxy) is 2. The summed E-state index contributed by atoms with van der Waals surface area (Å²) < 4.78 is 10.4. The van der Waals surface area contributed by atoms with Gasteiger partial charge in [0.1, 0.15) is 0 Å². The van der Waals surface area contributed by atoms with Gasteiger partial charge in [-0.15, -0.1) is 0 Å². The predicted molar refractivity (Wildman–Crippen MR) is 47.2 cm³/mol. The molecule has 1 aliphatic carbocycles. The van der Waals surface area contributed by atoms with Crippen molar-refractivity contribution in [3.8, 4) is 0 Å². The van der Waals surface area contributed by atoms with Crippen LogP contribution in [0.1, 0.15) is 19.8 Å². The van der Waals surface area contributed by atoms with E-state index in [0.29, 0.717) is 18.9 Å².